The van der Waals surface area contributed by atoms with E-state index in [0.717, 1.165) is 33.8 Å². The molecule has 4 aromatic carbocycles. The molecule has 0 aliphatic carbocycles. The fraction of sp³-hybridized carbons (Fsp3) is 0.257. The van der Waals surface area contributed by atoms with E-state index in [1.807, 2.05) is 68.4 Å². The summed E-state index contributed by atoms with van der Waals surface area (Å²) in [6.07, 6.45) is 1.96. The monoisotopic (exact) mass is 631 g/mol. The van der Waals surface area contributed by atoms with E-state index in [2.05, 4.69) is 5.32 Å². The summed E-state index contributed by atoms with van der Waals surface area (Å²) in [4.78, 5) is 29.8. The molecule has 0 bridgehead atoms. The van der Waals surface area contributed by atoms with Crippen molar-refractivity contribution < 1.29 is 18.0 Å². The molecule has 230 valence electrons. The smallest absolute Gasteiger partial charge is 0.264 e. The molecular weight excluding hydrogens is 594 g/mol. The summed E-state index contributed by atoms with van der Waals surface area (Å²) in [5.74, 6) is -0.823. The summed E-state index contributed by atoms with van der Waals surface area (Å²) in [6, 6.07) is 30.8. The number of carbonyl (C=O) groups excluding carboxylic acids is 2. The zero-order valence-corrected chi connectivity index (χ0v) is 26.6. The van der Waals surface area contributed by atoms with Crippen LogP contribution in [-0.4, -0.2) is 44.3 Å². The highest BCUT2D eigenvalue weighted by Crippen LogP contribution is 2.31. The van der Waals surface area contributed by atoms with Gasteiger partial charge in [0.1, 0.15) is 12.6 Å². The van der Waals surface area contributed by atoms with Crippen molar-refractivity contribution in [1.29, 1.82) is 0 Å². The van der Waals surface area contributed by atoms with E-state index in [4.69, 9.17) is 11.6 Å². The van der Waals surface area contributed by atoms with Crippen molar-refractivity contribution in [3.05, 3.63) is 131 Å². The molecule has 1 atom stereocenters. The number of anilines is 1. The van der Waals surface area contributed by atoms with Gasteiger partial charge in [-0.1, -0.05) is 115 Å². The van der Waals surface area contributed by atoms with Crippen molar-refractivity contribution in [2.75, 3.05) is 17.4 Å². The molecule has 44 heavy (non-hydrogen) atoms. The first-order chi connectivity index (χ1) is 21.2. The van der Waals surface area contributed by atoms with E-state index in [9.17, 15) is 18.0 Å². The molecule has 0 aromatic heterocycles. The van der Waals surface area contributed by atoms with Crippen molar-refractivity contribution in [1.82, 2.24) is 10.2 Å². The normalized spacial score (nSPS) is 11.9. The summed E-state index contributed by atoms with van der Waals surface area (Å²) in [6.45, 7) is 4.03. The van der Waals surface area contributed by atoms with Gasteiger partial charge >= 0.3 is 0 Å². The third kappa shape index (κ3) is 8.49. The minimum Gasteiger partial charge on any atom is -0.354 e. The van der Waals surface area contributed by atoms with Gasteiger partial charge in [-0.15, -0.1) is 0 Å². The number of unbranched alkanes of at least 4 members (excludes halogenated alkanes) is 1. The first-order valence-electron chi connectivity index (χ1n) is 14.7. The molecule has 1 unspecified atom stereocenters. The molecule has 0 heterocycles. The standard InChI is InChI=1S/C35H38ClN3O4S/c1-3-4-22-37-35(41)33(24-28-15-7-5-8-16-28)38(25-29-17-13-14-27(2)23-29)34(40)26-39(32-21-12-11-20-31(32)36)44(42,43)30-18-9-6-10-19-30/h5-21,23,33H,3-4,22,24-26H2,1-2H3,(H,37,41). The Balaban J connectivity index is 1.79. The number of halogens is 1. The van der Waals surface area contributed by atoms with Crippen LogP contribution in [0.25, 0.3) is 0 Å². The lowest BCUT2D eigenvalue weighted by atomic mass is 10.0. The molecular formula is C35H38ClN3O4S. The highest BCUT2D eigenvalue weighted by atomic mass is 35.5. The van der Waals surface area contributed by atoms with Gasteiger partial charge < -0.3 is 10.2 Å². The molecule has 9 heteroatoms. The quantitative estimate of drug-likeness (QED) is 0.163. The first-order valence-corrected chi connectivity index (χ1v) is 16.5. The average Bonchev–Trinajstić information content (AvgIpc) is 3.03. The van der Waals surface area contributed by atoms with E-state index in [1.165, 1.54) is 17.0 Å². The Morgan fingerprint density at radius 1 is 0.841 bits per heavy atom. The third-order valence-electron chi connectivity index (χ3n) is 7.27. The van der Waals surface area contributed by atoms with E-state index >= 15 is 0 Å². The van der Waals surface area contributed by atoms with E-state index in [1.54, 1.807) is 42.5 Å². The number of nitrogens with one attached hydrogen (secondary N) is 1. The Morgan fingerprint density at radius 2 is 1.48 bits per heavy atom. The molecule has 1 N–H and O–H groups in total. The maximum Gasteiger partial charge on any atom is 0.264 e. The van der Waals surface area contributed by atoms with Crippen LogP contribution >= 0.6 is 11.6 Å². The van der Waals surface area contributed by atoms with Crippen LogP contribution in [0.15, 0.2) is 114 Å². The number of hydrogen-bond acceptors (Lipinski definition) is 4. The predicted molar refractivity (Wildman–Crippen MR) is 176 cm³/mol. The lowest BCUT2D eigenvalue weighted by Crippen LogP contribution is -2.53. The fourth-order valence-corrected chi connectivity index (χ4v) is 6.70. The van der Waals surface area contributed by atoms with Crippen LogP contribution < -0.4 is 9.62 Å². The Kier molecular flexibility index (Phi) is 11.6. The van der Waals surface area contributed by atoms with Crippen LogP contribution in [0.5, 0.6) is 0 Å². The van der Waals surface area contributed by atoms with Crippen LogP contribution in [0.4, 0.5) is 5.69 Å². The van der Waals surface area contributed by atoms with E-state index in [0.29, 0.717) is 6.54 Å². The van der Waals surface area contributed by atoms with Crippen LogP contribution in [0, 0.1) is 6.92 Å². The van der Waals surface area contributed by atoms with E-state index < -0.39 is 28.5 Å². The number of hydrogen-bond donors (Lipinski definition) is 1. The number of para-hydroxylation sites is 1. The zero-order chi connectivity index (χ0) is 31.5. The van der Waals surface area contributed by atoms with Gasteiger partial charge in [0.05, 0.1) is 15.6 Å². The number of benzene rings is 4. The second kappa shape index (κ2) is 15.5. The average molecular weight is 632 g/mol. The van der Waals surface area contributed by atoms with Gasteiger partial charge in [0.2, 0.25) is 11.8 Å². The maximum atomic E-state index is 14.5. The van der Waals surface area contributed by atoms with Gasteiger partial charge in [0.15, 0.2) is 0 Å². The van der Waals surface area contributed by atoms with Crippen molar-refractivity contribution in [3.63, 3.8) is 0 Å². The van der Waals surface area contributed by atoms with Gasteiger partial charge in [-0.2, -0.15) is 0 Å². The molecule has 0 radical (unpaired) electrons. The van der Waals surface area contributed by atoms with Crippen molar-refractivity contribution in [2.24, 2.45) is 0 Å². The number of sulfonamides is 1. The van der Waals surface area contributed by atoms with Gasteiger partial charge in [-0.25, -0.2) is 8.42 Å². The minimum atomic E-state index is -4.21. The number of carbonyl (C=O) groups is 2. The molecule has 4 rings (SSSR count). The lowest BCUT2D eigenvalue weighted by Gasteiger charge is -2.34. The van der Waals surface area contributed by atoms with Crippen molar-refractivity contribution in [3.8, 4) is 0 Å². The second-order valence-electron chi connectivity index (χ2n) is 10.6. The third-order valence-corrected chi connectivity index (χ3v) is 9.36. The Bertz CT molecular complexity index is 1650. The van der Waals surface area contributed by atoms with Gasteiger partial charge in [0.25, 0.3) is 10.0 Å². The Morgan fingerprint density at radius 3 is 2.14 bits per heavy atom. The molecule has 0 saturated carbocycles. The zero-order valence-electron chi connectivity index (χ0n) is 25.0. The molecule has 7 nitrogen and oxygen atoms in total. The topological polar surface area (TPSA) is 86.8 Å². The second-order valence-corrected chi connectivity index (χ2v) is 12.9. The first kappa shape index (κ1) is 32.8. The lowest BCUT2D eigenvalue weighted by molar-refractivity contribution is -0.140. The molecule has 0 aliphatic heterocycles. The SMILES string of the molecule is CCCCNC(=O)C(Cc1ccccc1)N(Cc1cccc(C)c1)C(=O)CN(c1ccccc1Cl)S(=O)(=O)c1ccccc1. The van der Waals surface area contributed by atoms with Crippen molar-refractivity contribution >= 4 is 39.1 Å². The fourth-order valence-electron chi connectivity index (χ4n) is 4.95. The Labute approximate surface area is 265 Å². The minimum absolute atomic E-state index is 0.0242. The van der Waals surface area contributed by atoms with Crippen LogP contribution in [0.3, 0.4) is 0 Å². The summed E-state index contributed by atoms with van der Waals surface area (Å²) >= 11 is 6.52. The van der Waals surface area contributed by atoms with Gasteiger partial charge in [-0.3, -0.25) is 13.9 Å². The van der Waals surface area contributed by atoms with Crippen LogP contribution in [0.1, 0.15) is 36.5 Å². The van der Waals surface area contributed by atoms with Crippen molar-refractivity contribution in [2.45, 2.75) is 50.6 Å². The summed E-state index contributed by atoms with van der Waals surface area (Å²) in [7, 11) is -4.21. The largest absolute Gasteiger partial charge is 0.354 e. The number of amides is 2. The van der Waals surface area contributed by atoms with Gasteiger partial charge in [-0.05, 0) is 48.7 Å². The number of rotatable bonds is 14. The number of aryl methyl sites for hydroxylation is 1. The molecule has 4 aromatic rings. The highest BCUT2D eigenvalue weighted by Gasteiger charge is 2.35. The summed E-state index contributed by atoms with van der Waals surface area (Å²) in [5, 5.41) is 3.18. The van der Waals surface area contributed by atoms with Crippen LogP contribution in [0.2, 0.25) is 5.02 Å². The molecule has 0 fully saturated rings. The van der Waals surface area contributed by atoms with E-state index in [-0.39, 0.29) is 34.5 Å². The summed E-state index contributed by atoms with van der Waals surface area (Å²) in [5.41, 5.74) is 2.89. The van der Waals surface area contributed by atoms with Gasteiger partial charge in [0, 0.05) is 19.5 Å². The number of nitrogens with zero attached hydrogens (tertiary/aromatic N) is 2. The maximum absolute atomic E-state index is 14.5. The Hall–Kier alpha value is -4.14. The predicted octanol–water partition coefficient (Wildman–Crippen LogP) is 6.40. The molecule has 2 amide bonds. The molecule has 0 saturated heterocycles. The van der Waals surface area contributed by atoms with Crippen LogP contribution in [-0.2, 0) is 32.6 Å². The molecule has 0 aliphatic rings. The highest BCUT2D eigenvalue weighted by molar-refractivity contribution is 7.92. The summed E-state index contributed by atoms with van der Waals surface area (Å²) < 4.78 is 29.1. The molecule has 0 spiro atoms.